The number of amides is 2. The van der Waals surface area contributed by atoms with Crippen molar-refractivity contribution in [3.05, 3.63) is 58.9 Å². The van der Waals surface area contributed by atoms with Crippen molar-refractivity contribution in [2.24, 2.45) is 7.05 Å². The Balaban J connectivity index is 1.63. The molecule has 1 fully saturated rings. The minimum Gasteiger partial charge on any atom is -0.356 e. The number of carbonyl (C=O) groups excluding carboxylic acids is 2. The van der Waals surface area contributed by atoms with Crippen LogP contribution in [0.2, 0.25) is 0 Å². The van der Waals surface area contributed by atoms with E-state index in [2.05, 4.69) is 0 Å². The predicted octanol–water partition coefficient (Wildman–Crippen LogP) is 2.24. The summed E-state index contributed by atoms with van der Waals surface area (Å²) in [7, 11) is 1.90. The number of benzene rings is 1. The largest absolute Gasteiger partial charge is 0.356 e. The van der Waals surface area contributed by atoms with Crippen LogP contribution in [0.3, 0.4) is 0 Å². The monoisotopic (exact) mass is 325 g/mol. The lowest BCUT2D eigenvalue weighted by Crippen LogP contribution is -2.50. The molecule has 0 radical (unpaired) electrons. The van der Waals surface area contributed by atoms with Crippen LogP contribution in [0.15, 0.2) is 36.7 Å². The zero-order valence-electron chi connectivity index (χ0n) is 14.5. The number of carbonyl (C=O) groups is 2. The second-order valence-corrected chi connectivity index (χ2v) is 6.45. The van der Waals surface area contributed by atoms with Crippen LogP contribution in [0.4, 0.5) is 0 Å². The van der Waals surface area contributed by atoms with Gasteiger partial charge in [-0.05, 0) is 43.2 Å². The van der Waals surface area contributed by atoms with Gasteiger partial charge in [0.2, 0.25) is 0 Å². The van der Waals surface area contributed by atoms with Gasteiger partial charge in [-0.1, -0.05) is 6.07 Å². The molecule has 3 rings (SSSR count). The molecular formula is C19H23N3O2. The Morgan fingerprint density at radius 1 is 0.833 bits per heavy atom. The number of nitrogens with zero attached hydrogens (tertiary/aromatic N) is 3. The Bertz CT molecular complexity index is 771. The highest BCUT2D eigenvalue weighted by Gasteiger charge is 2.25. The molecule has 0 spiro atoms. The highest BCUT2D eigenvalue weighted by atomic mass is 16.2. The van der Waals surface area contributed by atoms with Crippen LogP contribution in [0, 0.1) is 13.8 Å². The van der Waals surface area contributed by atoms with Gasteiger partial charge < -0.3 is 14.4 Å². The first-order valence-electron chi connectivity index (χ1n) is 8.23. The summed E-state index contributed by atoms with van der Waals surface area (Å²) < 4.78 is 1.87. The quantitative estimate of drug-likeness (QED) is 0.850. The van der Waals surface area contributed by atoms with Gasteiger partial charge in [-0.15, -0.1) is 0 Å². The molecular weight excluding hydrogens is 302 g/mol. The second-order valence-electron chi connectivity index (χ2n) is 6.45. The molecule has 1 saturated heterocycles. The number of piperazine rings is 1. The molecule has 0 bridgehead atoms. The van der Waals surface area contributed by atoms with Gasteiger partial charge in [0.1, 0.15) is 0 Å². The molecule has 24 heavy (non-hydrogen) atoms. The Kier molecular flexibility index (Phi) is 4.42. The van der Waals surface area contributed by atoms with Crippen molar-refractivity contribution in [3.63, 3.8) is 0 Å². The van der Waals surface area contributed by atoms with Crippen LogP contribution in [0.1, 0.15) is 31.8 Å². The maximum Gasteiger partial charge on any atom is 0.255 e. The lowest BCUT2D eigenvalue weighted by atomic mass is 10.1. The average Bonchev–Trinajstić information content (AvgIpc) is 3.02. The summed E-state index contributed by atoms with van der Waals surface area (Å²) in [5.74, 6) is 0.0822. The molecule has 0 saturated carbocycles. The van der Waals surface area contributed by atoms with Gasteiger partial charge >= 0.3 is 0 Å². The minimum absolute atomic E-state index is 0.0360. The summed E-state index contributed by atoms with van der Waals surface area (Å²) in [6.07, 6.45) is 3.70. The SMILES string of the molecule is Cc1ccc(C(=O)N2CCN(C(=O)c3ccn(C)c3)CC2)cc1C. The minimum atomic E-state index is 0.0360. The lowest BCUT2D eigenvalue weighted by molar-refractivity contribution is 0.0535. The van der Waals surface area contributed by atoms with E-state index in [0.717, 1.165) is 11.1 Å². The molecule has 5 heteroatoms. The number of rotatable bonds is 2. The van der Waals surface area contributed by atoms with Crippen molar-refractivity contribution in [1.29, 1.82) is 0 Å². The van der Waals surface area contributed by atoms with Crippen molar-refractivity contribution in [1.82, 2.24) is 14.4 Å². The van der Waals surface area contributed by atoms with E-state index in [9.17, 15) is 9.59 Å². The van der Waals surface area contributed by atoms with Crippen LogP contribution in [0.25, 0.3) is 0 Å². The van der Waals surface area contributed by atoms with E-state index in [1.807, 2.05) is 71.9 Å². The van der Waals surface area contributed by atoms with Crippen LogP contribution in [0.5, 0.6) is 0 Å². The lowest BCUT2D eigenvalue weighted by Gasteiger charge is -2.34. The van der Waals surface area contributed by atoms with Crippen LogP contribution < -0.4 is 0 Å². The smallest absolute Gasteiger partial charge is 0.255 e. The van der Waals surface area contributed by atoms with Crippen molar-refractivity contribution < 1.29 is 9.59 Å². The van der Waals surface area contributed by atoms with E-state index < -0.39 is 0 Å². The highest BCUT2D eigenvalue weighted by Crippen LogP contribution is 2.15. The molecule has 5 nitrogen and oxygen atoms in total. The van der Waals surface area contributed by atoms with E-state index >= 15 is 0 Å². The zero-order valence-corrected chi connectivity index (χ0v) is 14.5. The Labute approximate surface area is 142 Å². The van der Waals surface area contributed by atoms with Crippen molar-refractivity contribution in [2.45, 2.75) is 13.8 Å². The first-order valence-corrected chi connectivity index (χ1v) is 8.23. The number of aromatic nitrogens is 1. The summed E-state index contributed by atoms with van der Waals surface area (Å²) in [4.78, 5) is 28.7. The van der Waals surface area contributed by atoms with Gasteiger partial charge in [0.15, 0.2) is 0 Å². The second kappa shape index (κ2) is 6.51. The van der Waals surface area contributed by atoms with E-state index in [4.69, 9.17) is 0 Å². The number of hydrogen-bond donors (Lipinski definition) is 0. The van der Waals surface area contributed by atoms with Gasteiger partial charge in [0.25, 0.3) is 11.8 Å². The molecule has 2 heterocycles. The van der Waals surface area contributed by atoms with E-state index in [1.165, 1.54) is 5.56 Å². The number of aryl methyl sites for hydroxylation is 3. The number of hydrogen-bond acceptors (Lipinski definition) is 2. The molecule has 0 N–H and O–H groups in total. The predicted molar refractivity (Wildman–Crippen MR) is 93.1 cm³/mol. The molecule has 126 valence electrons. The third kappa shape index (κ3) is 3.20. The topological polar surface area (TPSA) is 45.6 Å². The van der Waals surface area contributed by atoms with Gasteiger partial charge in [-0.2, -0.15) is 0 Å². The molecule has 1 aromatic heterocycles. The summed E-state index contributed by atoms with van der Waals surface area (Å²) >= 11 is 0. The maximum atomic E-state index is 12.6. The molecule has 0 unspecified atom stereocenters. The molecule has 0 atom stereocenters. The van der Waals surface area contributed by atoms with Crippen molar-refractivity contribution >= 4 is 11.8 Å². The van der Waals surface area contributed by atoms with Crippen molar-refractivity contribution in [2.75, 3.05) is 26.2 Å². The normalized spacial score (nSPS) is 14.8. The standard InChI is InChI=1S/C19H23N3O2/c1-14-4-5-16(12-15(14)2)18(23)21-8-10-22(11-9-21)19(24)17-6-7-20(3)13-17/h4-7,12-13H,8-11H2,1-3H3. The molecule has 0 aliphatic carbocycles. The Hall–Kier alpha value is -2.56. The summed E-state index contributed by atoms with van der Waals surface area (Å²) in [5, 5.41) is 0. The van der Waals surface area contributed by atoms with Gasteiger partial charge in [-0.3, -0.25) is 9.59 Å². The first-order chi connectivity index (χ1) is 11.5. The van der Waals surface area contributed by atoms with Crippen LogP contribution in [-0.4, -0.2) is 52.4 Å². The fourth-order valence-corrected chi connectivity index (χ4v) is 2.98. The molecule has 1 aromatic carbocycles. The van der Waals surface area contributed by atoms with Gasteiger partial charge in [0, 0.05) is 51.2 Å². The molecule has 1 aliphatic rings. The summed E-state index contributed by atoms with van der Waals surface area (Å²) in [5.41, 5.74) is 3.73. The fraction of sp³-hybridized carbons (Fsp3) is 0.368. The summed E-state index contributed by atoms with van der Waals surface area (Å²) in [6.45, 7) is 6.35. The van der Waals surface area contributed by atoms with Gasteiger partial charge in [-0.25, -0.2) is 0 Å². The third-order valence-corrected chi connectivity index (χ3v) is 4.69. The van der Waals surface area contributed by atoms with E-state index in [-0.39, 0.29) is 11.8 Å². The Morgan fingerprint density at radius 2 is 1.42 bits per heavy atom. The highest BCUT2D eigenvalue weighted by molar-refractivity contribution is 5.96. The fourth-order valence-electron chi connectivity index (χ4n) is 2.98. The summed E-state index contributed by atoms with van der Waals surface area (Å²) in [6, 6.07) is 7.64. The molecule has 2 aromatic rings. The van der Waals surface area contributed by atoms with Crippen molar-refractivity contribution in [3.8, 4) is 0 Å². The Morgan fingerprint density at radius 3 is 1.92 bits per heavy atom. The van der Waals surface area contributed by atoms with Crippen LogP contribution >= 0.6 is 0 Å². The third-order valence-electron chi connectivity index (χ3n) is 4.69. The maximum absolute atomic E-state index is 12.6. The van der Waals surface area contributed by atoms with Crippen LogP contribution in [-0.2, 0) is 7.05 Å². The molecule has 1 aliphatic heterocycles. The molecule has 2 amide bonds. The zero-order chi connectivity index (χ0) is 17.3. The first kappa shape index (κ1) is 16.3. The van der Waals surface area contributed by atoms with E-state index in [0.29, 0.717) is 31.7 Å². The average molecular weight is 325 g/mol. The van der Waals surface area contributed by atoms with E-state index in [1.54, 1.807) is 0 Å². The van der Waals surface area contributed by atoms with Gasteiger partial charge in [0.05, 0.1) is 5.56 Å².